The van der Waals surface area contributed by atoms with Gasteiger partial charge >= 0.3 is 0 Å². The number of fused-ring (bicyclic) bond motifs is 2. The molecule has 1 atom stereocenters. The van der Waals surface area contributed by atoms with E-state index in [1.54, 1.807) is 0 Å². The van der Waals surface area contributed by atoms with Crippen LogP contribution in [0.5, 0.6) is 0 Å². The summed E-state index contributed by atoms with van der Waals surface area (Å²) < 4.78 is 0. The highest BCUT2D eigenvalue weighted by atomic mass is 14.8. The summed E-state index contributed by atoms with van der Waals surface area (Å²) in [6.45, 7) is 4.32. The number of hydrogen-bond donors (Lipinski definition) is 1. The summed E-state index contributed by atoms with van der Waals surface area (Å²) >= 11 is 0. The minimum Gasteiger partial charge on any atom is -0.304 e. The number of nitrogens with zero attached hydrogens (tertiary/aromatic N) is 1. The second-order valence-electron chi connectivity index (χ2n) is 5.35. The zero-order valence-corrected chi connectivity index (χ0v) is 11.0. The third-order valence-corrected chi connectivity index (χ3v) is 3.95. The van der Waals surface area contributed by atoms with Crippen LogP contribution < -0.4 is 0 Å². The number of rotatable bonds is 0. The zero-order chi connectivity index (χ0) is 12.7. The summed E-state index contributed by atoms with van der Waals surface area (Å²) in [6, 6.07) is 8.04. The van der Waals surface area contributed by atoms with Gasteiger partial charge in [-0.3, -0.25) is 4.99 Å². The first-order valence-electron chi connectivity index (χ1n) is 6.60. The van der Waals surface area contributed by atoms with Crippen LogP contribution in [0.3, 0.4) is 0 Å². The smallest absolute Gasteiger partial charge is 0.0720 e. The molecule has 1 aromatic rings. The van der Waals surface area contributed by atoms with E-state index in [9.17, 15) is 0 Å². The summed E-state index contributed by atoms with van der Waals surface area (Å²) in [4.78, 5) is 4.79. The summed E-state index contributed by atoms with van der Waals surface area (Å²) in [5.41, 5.74) is 6.69. The van der Waals surface area contributed by atoms with Crippen LogP contribution in [0.25, 0.3) is 0 Å². The highest BCUT2D eigenvalue weighted by Crippen LogP contribution is 2.38. The molecule has 1 heterocycles. The fraction of sp³-hybridized carbons (Fsp3) is 0.375. The van der Waals surface area contributed by atoms with Crippen molar-refractivity contribution in [2.75, 3.05) is 0 Å². The monoisotopic (exact) mass is 238 g/mol. The van der Waals surface area contributed by atoms with E-state index in [4.69, 9.17) is 10.4 Å². The first-order chi connectivity index (χ1) is 8.68. The molecule has 2 nitrogen and oxygen atoms in total. The summed E-state index contributed by atoms with van der Waals surface area (Å²) in [6.07, 6.45) is 3.33. The van der Waals surface area contributed by atoms with Crippen molar-refractivity contribution in [3.63, 3.8) is 0 Å². The Hall–Kier alpha value is -1.70. The summed E-state index contributed by atoms with van der Waals surface area (Å²) in [5, 5.41) is 8.50. The lowest BCUT2D eigenvalue weighted by molar-refractivity contribution is 0.732. The first kappa shape index (κ1) is 11.4. The standard InChI is InChI=1S/C16H18N2/c1-10(2)11-7-5-9-14-15(11)16(17)12-6-3-4-8-13(12)18-14/h3-4,6,8,15,17H,5,7,9H2,1-2H3. The summed E-state index contributed by atoms with van der Waals surface area (Å²) in [7, 11) is 0. The van der Waals surface area contributed by atoms with E-state index < -0.39 is 0 Å². The molecule has 2 heteroatoms. The minimum atomic E-state index is 0.152. The van der Waals surface area contributed by atoms with Crippen LogP contribution in [0, 0.1) is 11.3 Å². The fourth-order valence-corrected chi connectivity index (χ4v) is 3.06. The van der Waals surface area contributed by atoms with E-state index in [-0.39, 0.29) is 5.92 Å². The molecule has 3 rings (SSSR count). The molecule has 0 radical (unpaired) electrons. The van der Waals surface area contributed by atoms with Gasteiger partial charge in [-0.2, -0.15) is 0 Å². The number of aliphatic imine (C=N–C) groups is 1. The fourth-order valence-electron chi connectivity index (χ4n) is 3.06. The molecule has 1 N–H and O–H groups in total. The van der Waals surface area contributed by atoms with Crippen LogP contribution in [-0.4, -0.2) is 11.4 Å². The lowest BCUT2D eigenvalue weighted by Gasteiger charge is -2.32. The lowest BCUT2D eigenvalue weighted by Crippen LogP contribution is -2.32. The largest absolute Gasteiger partial charge is 0.304 e. The molecule has 2 aliphatic rings. The van der Waals surface area contributed by atoms with E-state index in [0.29, 0.717) is 0 Å². The third-order valence-electron chi connectivity index (χ3n) is 3.95. The number of nitrogens with one attached hydrogen (secondary N) is 1. The number of benzene rings is 1. The number of allylic oxidation sites excluding steroid dienone is 2. The molecule has 0 saturated heterocycles. The van der Waals surface area contributed by atoms with Gasteiger partial charge in [0.2, 0.25) is 0 Å². The van der Waals surface area contributed by atoms with E-state index in [1.807, 2.05) is 24.3 Å². The van der Waals surface area contributed by atoms with Crippen LogP contribution in [0.2, 0.25) is 0 Å². The van der Waals surface area contributed by atoms with E-state index in [2.05, 4.69) is 13.8 Å². The molecule has 18 heavy (non-hydrogen) atoms. The molecule has 1 unspecified atom stereocenters. The van der Waals surface area contributed by atoms with Crippen molar-refractivity contribution in [3.05, 3.63) is 41.0 Å². The van der Waals surface area contributed by atoms with Crippen LogP contribution >= 0.6 is 0 Å². The van der Waals surface area contributed by atoms with Crippen molar-refractivity contribution in [1.82, 2.24) is 0 Å². The molecule has 92 valence electrons. The predicted octanol–water partition coefficient (Wildman–Crippen LogP) is 4.28. The Morgan fingerprint density at radius 3 is 2.78 bits per heavy atom. The van der Waals surface area contributed by atoms with Crippen LogP contribution in [0.1, 0.15) is 38.7 Å². The van der Waals surface area contributed by atoms with E-state index in [1.165, 1.54) is 23.3 Å². The van der Waals surface area contributed by atoms with Crippen LogP contribution in [0.4, 0.5) is 5.69 Å². The highest BCUT2D eigenvalue weighted by molar-refractivity contribution is 6.21. The second-order valence-corrected chi connectivity index (χ2v) is 5.35. The molecular weight excluding hydrogens is 220 g/mol. The number of para-hydroxylation sites is 1. The lowest BCUT2D eigenvalue weighted by atomic mass is 9.74. The van der Waals surface area contributed by atoms with Crippen molar-refractivity contribution in [1.29, 1.82) is 5.41 Å². The Morgan fingerprint density at radius 1 is 1.22 bits per heavy atom. The van der Waals surface area contributed by atoms with E-state index >= 15 is 0 Å². The van der Waals surface area contributed by atoms with Gasteiger partial charge in [0.1, 0.15) is 0 Å². The average molecular weight is 238 g/mol. The van der Waals surface area contributed by atoms with Crippen LogP contribution in [0.15, 0.2) is 40.4 Å². The van der Waals surface area contributed by atoms with Gasteiger partial charge in [-0.05, 0) is 39.2 Å². The summed E-state index contributed by atoms with van der Waals surface area (Å²) in [5.74, 6) is 0.152. The SMILES string of the molecule is CC(C)=C1CCCC2=Nc3ccccc3C(=N)C21. The molecule has 1 fully saturated rings. The van der Waals surface area contributed by atoms with Gasteiger partial charge in [-0.25, -0.2) is 0 Å². The zero-order valence-electron chi connectivity index (χ0n) is 11.0. The van der Waals surface area contributed by atoms with Crippen LogP contribution in [-0.2, 0) is 0 Å². The Bertz CT molecular complexity index is 575. The Balaban J connectivity index is 2.17. The van der Waals surface area contributed by atoms with Gasteiger partial charge in [0.25, 0.3) is 0 Å². The van der Waals surface area contributed by atoms with Crippen molar-refractivity contribution < 1.29 is 0 Å². The van der Waals surface area contributed by atoms with Gasteiger partial charge in [0.05, 0.1) is 17.3 Å². The Kier molecular flexibility index (Phi) is 2.66. The van der Waals surface area contributed by atoms with Crippen molar-refractivity contribution in [3.8, 4) is 0 Å². The van der Waals surface area contributed by atoms with Crippen molar-refractivity contribution in [2.45, 2.75) is 33.1 Å². The molecule has 1 saturated carbocycles. The normalized spacial score (nSPS) is 22.1. The van der Waals surface area contributed by atoms with Crippen molar-refractivity contribution in [2.24, 2.45) is 10.9 Å². The topological polar surface area (TPSA) is 36.2 Å². The van der Waals surface area contributed by atoms with Crippen molar-refractivity contribution >= 4 is 17.1 Å². The Labute approximate surface area is 108 Å². The van der Waals surface area contributed by atoms with Gasteiger partial charge in [-0.1, -0.05) is 29.3 Å². The molecular formula is C16H18N2. The van der Waals surface area contributed by atoms with Gasteiger partial charge in [0.15, 0.2) is 0 Å². The molecule has 0 amide bonds. The van der Waals surface area contributed by atoms with Gasteiger partial charge < -0.3 is 5.41 Å². The Morgan fingerprint density at radius 2 is 2.00 bits per heavy atom. The average Bonchev–Trinajstić information content (AvgIpc) is 2.38. The molecule has 1 aromatic carbocycles. The molecule has 0 bridgehead atoms. The van der Waals surface area contributed by atoms with Gasteiger partial charge in [0, 0.05) is 11.3 Å². The highest BCUT2D eigenvalue weighted by Gasteiger charge is 2.33. The number of hydrogen-bond acceptors (Lipinski definition) is 2. The maximum Gasteiger partial charge on any atom is 0.0720 e. The minimum absolute atomic E-state index is 0.152. The molecule has 1 aliphatic carbocycles. The molecule has 0 spiro atoms. The van der Waals surface area contributed by atoms with E-state index in [0.717, 1.165) is 29.8 Å². The van der Waals surface area contributed by atoms with Gasteiger partial charge in [-0.15, -0.1) is 0 Å². The first-order valence-corrected chi connectivity index (χ1v) is 6.60. The third kappa shape index (κ3) is 1.64. The predicted molar refractivity (Wildman–Crippen MR) is 76.1 cm³/mol. The second kappa shape index (κ2) is 4.20. The quantitative estimate of drug-likeness (QED) is 0.655. The maximum atomic E-state index is 8.50. The molecule has 1 aliphatic heterocycles. The maximum absolute atomic E-state index is 8.50. The molecule has 0 aromatic heterocycles.